The van der Waals surface area contributed by atoms with E-state index in [-0.39, 0.29) is 29.7 Å². The summed E-state index contributed by atoms with van der Waals surface area (Å²) in [5, 5.41) is 10.5. The summed E-state index contributed by atoms with van der Waals surface area (Å²) in [7, 11) is 0. The smallest absolute Gasteiger partial charge is 0.242 e. The van der Waals surface area contributed by atoms with E-state index in [1.54, 1.807) is 18.4 Å². The number of hydrazine groups is 1. The fourth-order valence-electron chi connectivity index (χ4n) is 4.84. The van der Waals surface area contributed by atoms with Crippen molar-refractivity contribution in [2.45, 2.75) is 38.0 Å². The van der Waals surface area contributed by atoms with E-state index in [0.717, 1.165) is 29.1 Å². The molecule has 0 bridgehead atoms. The number of nitrogens with zero attached hydrogens (tertiary/aromatic N) is 1. The van der Waals surface area contributed by atoms with Crippen molar-refractivity contribution in [1.82, 2.24) is 15.8 Å². The van der Waals surface area contributed by atoms with Crippen LogP contribution in [0.25, 0.3) is 0 Å². The van der Waals surface area contributed by atoms with Crippen LogP contribution in [0.3, 0.4) is 0 Å². The Hall–Kier alpha value is -3.29. The normalized spacial score (nSPS) is 24.7. The molecule has 1 amide bonds. The van der Waals surface area contributed by atoms with Crippen molar-refractivity contribution in [3.05, 3.63) is 83.8 Å². The van der Waals surface area contributed by atoms with Crippen LogP contribution in [0.1, 0.15) is 42.3 Å². The quantitative estimate of drug-likeness (QED) is 0.527. The number of likely N-dealkylation sites (tertiary alicyclic amines) is 1. The number of carbonyl (C=O) groups excluding carboxylic acids is 1. The van der Waals surface area contributed by atoms with E-state index in [0.29, 0.717) is 13.2 Å². The van der Waals surface area contributed by atoms with Gasteiger partial charge in [0, 0.05) is 11.5 Å². The van der Waals surface area contributed by atoms with Gasteiger partial charge in [-0.2, -0.15) is 0 Å². The molecule has 3 N–H and O–H groups in total. The average molecular weight is 434 g/mol. The molecule has 0 radical (unpaired) electrons. The molecule has 166 valence electrons. The molecule has 7 heteroatoms. The number of nitrogens with one attached hydrogen (secondary N) is 2. The molecule has 1 aromatic heterocycles. The Morgan fingerprint density at radius 2 is 1.81 bits per heavy atom. The highest BCUT2D eigenvalue weighted by Gasteiger charge is 2.55. The number of hydrogen-bond donors (Lipinski definition) is 3. The molecule has 32 heavy (non-hydrogen) atoms. The van der Waals surface area contributed by atoms with Gasteiger partial charge in [0.15, 0.2) is 0 Å². The van der Waals surface area contributed by atoms with Gasteiger partial charge in [-0.3, -0.25) is 4.79 Å². The number of para-hydroxylation sites is 1. The van der Waals surface area contributed by atoms with E-state index in [1.807, 2.05) is 53.4 Å². The summed E-state index contributed by atoms with van der Waals surface area (Å²) in [6.45, 7) is 3.12. The molecule has 3 aromatic rings. The first-order chi connectivity index (χ1) is 15.7. The molecule has 3 heterocycles. The molecular formula is C25H27N3O4. The number of furan rings is 1. The van der Waals surface area contributed by atoms with Crippen LogP contribution < -0.4 is 15.6 Å². The fourth-order valence-corrected chi connectivity index (χ4v) is 4.84. The molecule has 2 fully saturated rings. The summed E-state index contributed by atoms with van der Waals surface area (Å²) in [6.07, 6.45) is 2.56. The minimum Gasteiger partial charge on any atom is -0.508 e. The van der Waals surface area contributed by atoms with Gasteiger partial charge in [-0.25, -0.2) is 10.9 Å². The van der Waals surface area contributed by atoms with Crippen molar-refractivity contribution >= 4 is 5.91 Å². The van der Waals surface area contributed by atoms with Crippen LogP contribution in [0.5, 0.6) is 11.5 Å². The summed E-state index contributed by atoms with van der Waals surface area (Å²) >= 11 is 0. The van der Waals surface area contributed by atoms with Crippen LogP contribution in [0.2, 0.25) is 0 Å². The average Bonchev–Trinajstić information content (AvgIpc) is 3.53. The lowest BCUT2D eigenvalue weighted by Crippen LogP contribution is -2.41. The van der Waals surface area contributed by atoms with Crippen LogP contribution in [0.4, 0.5) is 0 Å². The van der Waals surface area contributed by atoms with E-state index >= 15 is 0 Å². The van der Waals surface area contributed by atoms with Gasteiger partial charge < -0.3 is 19.2 Å². The molecule has 4 atom stereocenters. The van der Waals surface area contributed by atoms with E-state index in [9.17, 15) is 9.90 Å². The molecular weight excluding hydrogens is 406 g/mol. The topological polar surface area (TPSA) is 87.0 Å². The second-order valence-corrected chi connectivity index (χ2v) is 8.29. The highest BCUT2D eigenvalue weighted by atomic mass is 16.5. The zero-order valence-electron chi connectivity index (χ0n) is 17.9. The number of ether oxygens (including phenoxy) is 1. The summed E-state index contributed by atoms with van der Waals surface area (Å²) in [5.74, 6) is 1.65. The SMILES string of the molecule is CCCOc1ccc(C2C3C(NNC3c3ccccc3O)C(=O)N2Cc2ccco2)cc1. The summed E-state index contributed by atoms with van der Waals surface area (Å²) < 4.78 is 11.3. The van der Waals surface area contributed by atoms with Gasteiger partial charge in [-0.1, -0.05) is 37.3 Å². The van der Waals surface area contributed by atoms with Gasteiger partial charge >= 0.3 is 0 Å². The second-order valence-electron chi connectivity index (χ2n) is 8.29. The predicted octanol–water partition coefficient (Wildman–Crippen LogP) is 3.69. The van der Waals surface area contributed by atoms with Crippen LogP contribution in [0.15, 0.2) is 71.3 Å². The second kappa shape index (κ2) is 8.68. The predicted molar refractivity (Wildman–Crippen MR) is 119 cm³/mol. The first kappa shape index (κ1) is 20.6. The lowest BCUT2D eigenvalue weighted by molar-refractivity contribution is -0.131. The van der Waals surface area contributed by atoms with E-state index in [1.165, 1.54) is 0 Å². The van der Waals surface area contributed by atoms with Crippen molar-refractivity contribution in [2.24, 2.45) is 5.92 Å². The Kier molecular flexibility index (Phi) is 5.59. The number of phenolic OH excluding ortho intramolecular Hbond substituents is 1. The Labute approximate surface area is 187 Å². The molecule has 0 saturated carbocycles. The maximum absolute atomic E-state index is 13.5. The number of rotatable bonds is 7. The van der Waals surface area contributed by atoms with Crippen LogP contribution >= 0.6 is 0 Å². The summed E-state index contributed by atoms with van der Waals surface area (Å²) in [6, 6.07) is 18.1. The molecule has 2 saturated heterocycles. The molecule has 2 aliphatic heterocycles. The van der Waals surface area contributed by atoms with Gasteiger partial charge in [0.2, 0.25) is 5.91 Å². The molecule has 7 nitrogen and oxygen atoms in total. The molecule has 0 spiro atoms. The van der Waals surface area contributed by atoms with E-state index in [2.05, 4.69) is 17.8 Å². The van der Waals surface area contributed by atoms with Crippen LogP contribution in [-0.2, 0) is 11.3 Å². The monoisotopic (exact) mass is 433 g/mol. The Morgan fingerprint density at radius 1 is 1.03 bits per heavy atom. The van der Waals surface area contributed by atoms with E-state index in [4.69, 9.17) is 9.15 Å². The molecule has 0 aliphatic carbocycles. The lowest BCUT2D eigenvalue weighted by atomic mass is 9.83. The van der Waals surface area contributed by atoms with Gasteiger partial charge in [0.1, 0.15) is 23.3 Å². The Balaban J connectivity index is 1.53. The minimum absolute atomic E-state index is 0.00753. The zero-order valence-corrected chi connectivity index (χ0v) is 17.9. The van der Waals surface area contributed by atoms with Crippen molar-refractivity contribution in [2.75, 3.05) is 6.61 Å². The number of amides is 1. The summed E-state index contributed by atoms with van der Waals surface area (Å²) in [4.78, 5) is 15.3. The highest BCUT2D eigenvalue weighted by molar-refractivity contribution is 5.86. The van der Waals surface area contributed by atoms with Gasteiger partial charge in [0.05, 0.1) is 31.5 Å². The number of benzene rings is 2. The number of carbonyl (C=O) groups is 1. The molecule has 2 aliphatic rings. The number of phenols is 1. The van der Waals surface area contributed by atoms with Crippen LogP contribution in [0, 0.1) is 5.92 Å². The first-order valence-corrected chi connectivity index (χ1v) is 11.0. The third-order valence-electron chi connectivity index (χ3n) is 6.29. The van der Waals surface area contributed by atoms with Crippen LogP contribution in [-0.4, -0.2) is 28.6 Å². The Bertz CT molecular complexity index is 1070. The van der Waals surface area contributed by atoms with Gasteiger partial charge in [0.25, 0.3) is 0 Å². The third-order valence-corrected chi connectivity index (χ3v) is 6.29. The van der Waals surface area contributed by atoms with Crippen molar-refractivity contribution < 1.29 is 19.1 Å². The standard InChI is InChI=1S/C25H27N3O4/c1-2-13-31-17-11-9-16(10-12-17)24-21-22(19-7-3-4-8-20(19)29)26-27-23(21)25(30)28(24)15-18-6-5-14-32-18/h3-12,14,21-24,26-27,29H,2,13,15H2,1H3. The molecule has 2 aromatic carbocycles. The lowest BCUT2D eigenvalue weighted by Gasteiger charge is -2.31. The molecule has 5 rings (SSSR count). The van der Waals surface area contributed by atoms with E-state index < -0.39 is 6.04 Å². The maximum Gasteiger partial charge on any atom is 0.242 e. The third kappa shape index (κ3) is 3.63. The number of fused-ring (bicyclic) bond motifs is 1. The fraction of sp³-hybridized carbons (Fsp3) is 0.320. The largest absolute Gasteiger partial charge is 0.508 e. The zero-order chi connectivity index (χ0) is 22.1. The number of hydrogen-bond acceptors (Lipinski definition) is 6. The minimum atomic E-state index is -0.407. The number of aromatic hydroxyl groups is 1. The van der Waals surface area contributed by atoms with Gasteiger partial charge in [-0.15, -0.1) is 0 Å². The highest BCUT2D eigenvalue weighted by Crippen LogP contribution is 2.49. The van der Waals surface area contributed by atoms with Crippen molar-refractivity contribution in [1.29, 1.82) is 0 Å². The summed E-state index contributed by atoms with van der Waals surface area (Å²) in [5.41, 5.74) is 8.24. The van der Waals surface area contributed by atoms with Crippen molar-refractivity contribution in [3.63, 3.8) is 0 Å². The Morgan fingerprint density at radius 3 is 2.53 bits per heavy atom. The molecule has 4 unspecified atom stereocenters. The maximum atomic E-state index is 13.5. The van der Waals surface area contributed by atoms with Crippen molar-refractivity contribution in [3.8, 4) is 11.5 Å². The first-order valence-electron chi connectivity index (χ1n) is 11.0. The van der Waals surface area contributed by atoms with Gasteiger partial charge in [-0.05, 0) is 42.3 Å².